The first-order valence-corrected chi connectivity index (χ1v) is 6.78. The summed E-state index contributed by atoms with van der Waals surface area (Å²) < 4.78 is 0.686. The van der Waals surface area contributed by atoms with Crippen LogP contribution in [0.1, 0.15) is 11.4 Å². The van der Waals surface area contributed by atoms with Gasteiger partial charge < -0.3 is 9.88 Å². The van der Waals surface area contributed by atoms with Crippen molar-refractivity contribution in [2.75, 3.05) is 20.6 Å². The summed E-state index contributed by atoms with van der Waals surface area (Å²) in [5.74, 6) is 0.947. The molecular formula is C15H19N3S. The van der Waals surface area contributed by atoms with E-state index >= 15 is 0 Å². The minimum Gasteiger partial charge on any atom is -0.343 e. The molecule has 0 aliphatic carbocycles. The van der Waals surface area contributed by atoms with E-state index in [-0.39, 0.29) is 0 Å². The zero-order valence-electron chi connectivity index (χ0n) is 11.6. The van der Waals surface area contributed by atoms with E-state index < -0.39 is 0 Å². The van der Waals surface area contributed by atoms with E-state index in [1.807, 2.05) is 25.1 Å². The molecule has 0 aliphatic rings. The fourth-order valence-corrected chi connectivity index (χ4v) is 2.13. The Morgan fingerprint density at radius 3 is 2.53 bits per heavy atom. The highest BCUT2D eigenvalue weighted by atomic mass is 32.1. The second kappa shape index (κ2) is 6.08. The molecule has 0 atom stereocenters. The van der Waals surface area contributed by atoms with Gasteiger partial charge in [-0.25, -0.2) is 4.98 Å². The molecule has 0 amide bonds. The standard InChI is InChI=1S/C15H19N3S/c1-11-14(12-7-5-4-6-8-12)16-13(17-15(11)19)9-10-18(2)3/h4-8H,9-10H2,1-3H3,(H,16,17,19). The zero-order chi connectivity index (χ0) is 13.8. The van der Waals surface area contributed by atoms with Crippen molar-refractivity contribution in [2.45, 2.75) is 13.3 Å². The van der Waals surface area contributed by atoms with Gasteiger partial charge in [-0.2, -0.15) is 0 Å². The molecule has 0 aliphatic heterocycles. The molecule has 1 N–H and O–H groups in total. The number of hydrogen-bond acceptors (Lipinski definition) is 3. The summed E-state index contributed by atoms with van der Waals surface area (Å²) in [6.45, 7) is 2.97. The maximum absolute atomic E-state index is 5.36. The van der Waals surface area contributed by atoms with Crippen LogP contribution in [0.15, 0.2) is 30.3 Å². The summed E-state index contributed by atoms with van der Waals surface area (Å²) in [7, 11) is 4.11. The second-order valence-corrected chi connectivity index (χ2v) is 5.29. The van der Waals surface area contributed by atoms with Crippen LogP contribution in [-0.4, -0.2) is 35.5 Å². The molecular weight excluding hydrogens is 254 g/mol. The van der Waals surface area contributed by atoms with Gasteiger partial charge in [0.05, 0.1) is 5.69 Å². The van der Waals surface area contributed by atoms with Crippen LogP contribution >= 0.6 is 12.2 Å². The molecule has 1 aromatic heterocycles. The predicted molar refractivity (Wildman–Crippen MR) is 81.9 cm³/mol. The molecule has 0 radical (unpaired) electrons. The zero-order valence-corrected chi connectivity index (χ0v) is 12.4. The van der Waals surface area contributed by atoms with Crippen LogP contribution in [0.5, 0.6) is 0 Å². The van der Waals surface area contributed by atoms with Crippen molar-refractivity contribution in [2.24, 2.45) is 0 Å². The Morgan fingerprint density at radius 1 is 1.21 bits per heavy atom. The van der Waals surface area contributed by atoms with Gasteiger partial charge in [-0.3, -0.25) is 0 Å². The second-order valence-electron chi connectivity index (χ2n) is 4.91. The predicted octanol–water partition coefficient (Wildman–Crippen LogP) is 3.22. The van der Waals surface area contributed by atoms with Crippen molar-refractivity contribution >= 4 is 12.2 Å². The Balaban J connectivity index is 2.41. The molecule has 0 saturated carbocycles. The Bertz CT molecular complexity index is 603. The van der Waals surface area contributed by atoms with Crippen LogP contribution in [-0.2, 0) is 6.42 Å². The van der Waals surface area contributed by atoms with Gasteiger partial charge in [0.1, 0.15) is 10.5 Å². The molecule has 0 fully saturated rings. The smallest absolute Gasteiger partial charge is 0.133 e. The topological polar surface area (TPSA) is 31.9 Å². The molecule has 2 rings (SSSR count). The summed E-state index contributed by atoms with van der Waals surface area (Å²) in [4.78, 5) is 10.0. The number of hydrogen-bond donors (Lipinski definition) is 1. The van der Waals surface area contributed by atoms with Crippen LogP contribution < -0.4 is 0 Å². The summed E-state index contributed by atoms with van der Waals surface area (Å²) in [6.07, 6.45) is 0.872. The maximum Gasteiger partial charge on any atom is 0.133 e. The number of likely N-dealkylation sites (N-methyl/N-ethyl adjacent to an activating group) is 1. The lowest BCUT2D eigenvalue weighted by molar-refractivity contribution is 0.409. The molecule has 1 aromatic carbocycles. The number of aromatic amines is 1. The molecule has 1 heterocycles. The Morgan fingerprint density at radius 2 is 1.89 bits per heavy atom. The van der Waals surface area contributed by atoms with Crippen LogP contribution in [0.4, 0.5) is 0 Å². The highest BCUT2D eigenvalue weighted by Crippen LogP contribution is 2.21. The average molecular weight is 273 g/mol. The first-order valence-electron chi connectivity index (χ1n) is 6.38. The van der Waals surface area contributed by atoms with Gasteiger partial charge >= 0.3 is 0 Å². The van der Waals surface area contributed by atoms with Gasteiger partial charge in [-0.15, -0.1) is 0 Å². The molecule has 19 heavy (non-hydrogen) atoms. The monoisotopic (exact) mass is 273 g/mol. The van der Waals surface area contributed by atoms with Gasteiger partial charge in [0.15, 0.2) is 0 Å². The Labute approximate surface area is 119 Å². The van der Waals surface area contributed by atoms with Crippen molar-refractivity contribution in [3.8, 4) is 11.3 Å². The van der Waals surface area contributed by atoms with E-state index in [4.69, 9.17) is 12.2 Å². The van der Waals surface area contributed by atoms with Crippen molar-refractivity contribution in [3.05, 3.63) is 46.4 Å². The summed E-state index contributed by atoms with van der Waals surface area (Å²) in [5.41, 5.74) is 3.27. The number of nitrogens with zero attached hydrogens (tertiary/aromatic N) is 2. The lowest BCUT2D eigenvalue weighted by Gasteiger charge is -2.12. The van der Waals surface area contributed by atoms with Gasteiger partial charge in [0.2, 0.25) is 0 Å². The lowest BCUT2D eigenvalue weighted by atomic mass is 10.1. The summed E-state index contributed by atoms with van der Waals surface area (Å²) >= 11 is 5.36. The number of aromatic nitrogens is 2. The molecule has 2 aromatic rings. The summed E-state index contributed by atoms with van der Waals surface area (Å²) in [5, 5.41) is 0. The third-order valence-electron chi connectivity index (χ3n) is 3.06. The minimum absolute atomic E-state index is 0.686. The molecule has 0 spiro atoms. The Hall–Kier alpha value is -1.52. The maximum atomic E-state index is 5.36. The highest BCUT2D eigenvalue weighted by Gasteiger charge is 2.07. The fourth-order valence-electron chi connectivity index (χ4n) is 1.92. The molecule has 4 heteroatoms. The van der Waals surface area contributed by atoms with Crippen molar-refractivity contribution < 1.29 is 0 Å². The van der Waals surface area contributed by atoms with E-state index in [2.05, 4.69) is 41.1 Å². The van der Waals surface area contributed by atoms with Crippen LogP contribution in [0.25, 0.3) is 11.3 Å². The third kappa shape index (κ3) is 3.49. The SMILES string of the molecule is Cc1c(-c2ccccc2)[nH]c(CCN(C)C)nc1=S. The van der Waals surface area contributed by atoms with Crippen LogP contribution in [0.3, 0.4) is 0 Å². The van der Waals surface area contributed by atoms with Gasteiger partial charge in [-0.05, 0) is 26.6 Å². The molecule has 100 valence electrons. The van der Waals surface area contributed by atoms with Crippen LogP contribution in [0.2, 0.25) is 0 Å². The van der Waals surface area contributed by atoms with Gasteiger partial charge in [0.25, 0.3) is 0 Å². The fraction of sp³-hybridized carbons (Fsp3) is 0.333. The van der Waals surface area contributed by atoms with Gasteiger partial charge in [0, 0.05) is 18.5 Å². The summed E-state index contributed by atoms with van der Waals surface area (Å²) in [6, 6.07) is 10.3. The third-order valence-corrected chi connectivity index (χ3v) is 3.46. The molecule has 3 nitrogen and oxygen atoms in total. The van der Waals surface area contributed by atoms with E-state index in [9.17, 15) is 0 Å². The number of rotatable bonds is 4. The minimum atomic E-state index is 0.686. The largest absolute Gasteiger partial charge is 0.343 e. The quantitative estimate of drug-likeness (QED) is 0.868. The first kappa shape index (κ1) is 13.9. The molecule has 0 saturated heterocycles. The Kier molecular flexibility index (Phi) is 4.45. The number of H-pyrrole nitrogens is 1. The lowest BCUT2D eigenvalue weighted by Crippen LogP contribution is -2.16. The van der Waals surface area contributed by atoms with E-state index in [1.54, 1.807) is 0 Å². The molecule has 0 unspecified atom stereocenters. The van der Waals surface area contributed by atoms with Gasteiger partial charge in [-0.1, -0.05) is 42.5 Å². The van der Waals surface area contributed by atoms with E-state index in [0.717, 1.165) is 35.6 Å². The highest BCUT2D eigenvalue weighted by molar-refractivity contribution is 7.71. The van der Waals surface area contributed by atoms with Crippen molar-refractivity contribution in [1.29, 1.82) is 0 Å². The number of benzene rings is 1. The van der Waals surface area contributed by atoms with Crippen LogP contribution in [0, 0.1) is 11.6 Å². The normalized spacial score (nSPS) is 10.9. The van der Waals surface area contributed by atoms with Crippen molar-refractivity contribution in [1.82, 2.24) is 14.9 Å². The van der Waals surface area contributed by atoms with Crippen molar-refractivity contribution in [3.63, 3.8) is 0 Å². The first-order chi connectivity index (χ1) is 9.08. The molecule has 0 bridgehead atoms. The number of nitrogens with one attached hydrogen (secondary N) is 1. The van der Waals surface area contributed by atoms with E-state index in [0.29, 0.717) is 4.64 Å². The average Bonchev–Trinajstić information content (AvgIpc) is 2.41. The van der Waals surface area contributed by atoms with E-state index in [1.165, 1.54) is 0 Å².